The Labute approximate surface area is 97.7 Å². The van der Waals surface area contributed by atoms with Gasteiger partial charge in [-0.05, 0) is 29.4 Å². The smallest absolute Gasteiger partial charge is 0.311 e. The van der Waals surface area contributed by atoms with E-state index in [2.05, 4.69) is 11.8 Å². The Balaban J connectivity index is 2.50. The first kappa shape index (κ1) is 11.7. The number of rotatable bonds is 2. The van der Waals surface area contributed by atoms with Crippen LogP contribution in [0.2, 0.25) is 0 Å². The molecular formula is C10H11O4PS. The molecule has 1 aromatic carbocycles. The summed E-state index contributed by atoms with van der Waals surface area (Å²) in [4.78, 5) is 30.2. The van der Waals surface area contributed by atoms with Gasteiger partial charge in [0.25, 0.3) is 0 Å². The van der Waals surface area contributed by atoms with E-state index in [1.165, 1.54) is 0 Å². The summed E-state index contributed by atoms with van der Waals surface area (Å²) in [5, 5.41) is 9.14. The average Bonchev–Trinajstić information content (AvgIpc) is 2.55. The fourth-order valence-electron chi connectivity index (χ4n) is 2.18. The highest BCUT2D eigenvalue weighted by molar-refractivity contribution is 8.09. The Morgan fingerprint density at radius 2 is 2.00 bits per heavy atom. The Morgan fingerprint density at radius 3 is 2.56 bits per heavy atom. The summed E-state index contributed by atoms with van der Waals surface area (Å²) in [6.45, 7) is -3.55. The Hall–Kier alpha value is -0.740. The van der Waals surface area contributed by atoms with Crippen molar-refractivity contribution >= 4 is 24.3 Å². The van der Waals surface area contributed by atoms with Crippen molar-refractivity contribution < 1.29 is 19.7 Å². The normalized spacial score (nSPS) is 24.1. The topological polar surface area (TPSA) is 77.8 Å². The van der Waals surface area contributed by atoms with E-state index >= 15 is 0 Å². The second-order valence-corrected chi connectivity index (χ2v) is 7.33. The van der Waals surface area contributed by atoms with E-state index in [4.69, 9.17) is 5.11 Å². The zero-order chi connectivity index (χ0) is 11.9. The highest BCUT2D eigenvalue weighted by Crippen LogP contribution is 2.54. The molecule has 0 aromatic heterocycles. The second-order valence-electron chi connectivity index (χ2n) is 3.88. The number of hydrogen-bond acceptors (Lipinski definition) is 2. The molecule has 0 saturated carbocycles. The quantitative estimate of drug-likeness (QED) is 0.692. The number of carbonyl (C=O) groups is 1. The summed E-state index contributed by atoms with van der Waals surface area (Å²) in [6, 6.07) is 7.06. The molecule has 1 aliphatic carbocycles. The summed E-state index contributed by atoms with van der Waals surface area (Å²) in [5.74, 6) is -1.94. The van der Waals surface area contributed by atoms with Crippen LogP contribution >= 0.6 is 6.49 Å². The predicted molar refractivity (Wildman–Crippen MR) is 63.0 cm³/mol. The van der Waals surface area contributed by atoms with Crippen LogP contribution in [-0.4, -0.2) is 26.5 Å². The second kappa shape index (κ2) is 3.93. The average molecular weight is 258 g/mol. The molecule has 0 bridgehead atoms. The van der Waals surface area contributed by atoms with E-state index in [9.17, 15) is 14.6 Å². The highest BCUT2D eigenvalue weighted by atomic mass is 32.5. The van der Waals surface area contributed by atoms with Crippen LogP contribution in [0.15, 0.2) is 24.3 Å². The van der Waals surface area contributed by atoms with Gasteiger partial charge in [0.2, 0.25) is 0 Å². The summed E-state index contributed by atoms with van der Waals surface area (Å²) >= 11 is 4.65. The van der Waals surface area contributed by atoms with Crippen molar-refractivity contribution in [3.05, 3.63) is 35.4 Å². The first-order valence-electron chi connectivity index (χ1n) is 4.77. The molecule has 0 amide bonds. The van der Waals surface area contributed by atoms with Gasteiger partial charge in [-0.3, -0.25) is 4.79 Å². The van der Waals surface area contributed by atoms with Crippen LogP contribution < -0.4 is 0 Å². The molecule has 2 atom stereocenters. The van der Waals surface area contributed by atoms with Crippen LogP contribution in [0.3, 0.4) is 0 Å². The van der Waals surface area contributed by atoms with E-state index in [1.807, 2.05) is 0 Å². The summed E-state index contributed by atoms with van der Waals surface area (Å²) in [6.07, 6.45) is 0.331. The Bertz CT molecular complexity index is 481. The Kier molecular flexibility index (Phi) is 2.88. The largest absolute Gasteiger partial charge is 0.481 e. The van der Waals surface area contributed by atoms with Gasteiger partial charge in [0, 0.05) is 0 Å². The minimum absolute atomic E-state index is 0.331. The van der Waals surface area contributed by atoms with E-state index in [0.29, 0.717) is 12.0 Å². The molecular weight excluding hydrogens is 247 g/mol. The van der Waals surface area contributed by atoms with E-state index in [0.717, 1.165) is 5.56 Å². The third-order valence-corrected chi connectivity index (χ3v) is 5.06. The molecule has 0 heterocycles. The molecule has 0 radical (unpaired) electrons. The fraction of sp³-hybridized carbons (Fsp3) is 0.300. The lowest BCUT2D eigenvalue weighted by Crippen LogP contribution is -2.22. The van der Waals surface area contributed by atoms with Gasteiger partial charge in [-0.1, -0.05) is 24.3 Å². The maximum atomic E-state index is 11.2. The van der Waals surface area contributed by atoms with Gasteiger partial charge in [0.1, 0.15) is 0 Å². The Morgan fingerprint density at radius 1 is 1.38 bits per heavy atom. The van der Waals surface area contributed by atoms with Crippen LogP contribution in [0, 0.1) is 0 Å². The molecule has 0 aliphatic heterocycles. The highest BCUT2D eigenvalue weighted by Gasteiger charge is 2.44. The molecule has 1 aromatic rings. The molecule has 6 heteroatoms. The van der Waals surface area contributed by atoms with Crippen LogP contribution in [0.1, 0.15) is 17.0 Å². The van der Waals surface area contributed by atoms with Crippen molar-refractivity contribution in [2.24, 2.45) is 0 Å². The van der Waals surface area contributed by atoms with Crippen molar-refractivity contribution in [3.8, 4) is 0 Å². The number of carboxylic acids is 1. The van der Waals surface area contributed by atoms with Gasteiger partial charge in [-0.2, -0.15) is 0 Å². The van der Waals surface area contributed by atoms with Gasteiger partial charge in [0.15, 0.2) is 6.49 Å². The van der Waals surface area contributed by atoms with Crippen LogP contribution in [0.4, 0.5) is 0 Å². The summed E-state index contributed by atoms with van der Waals surface area (Å²) in [7, 11) is 0. The maximum absolute atomic E-state index is 11.2. The lowest BCUT2D eigenvalue weighted by molar-refractivity contribution is -0.138. The third-order valence-electron chi connectivity index (χ3n) is 2.90. The molecule has 2 unspecified atom stereocenters. The van der Waals surface area contributed by atoms with Gasteiger partial charge in [-0.15, -0.1) is 0 Å². The SMILES string of the molecule is O=C(O)C1c2ccccc2CC1P(O)(O)=S. The number of hydrogen-bond donors (Lipinski definition) is 3. The van der Waals surface area contributed by atoms with E-state index in [1.54, 1.807) is 24.3 Å². The third kappa shape index (κ3) is 1.92. The lowest BCUT2D eigenvalue weighted by atomic mass is 10.0. The van der Waals surface area contributed by atoms with Gasteiger partial charge in [-0.25, -0.2) is 0 Å². The zero-order valence-corrected chi connectivity index (χ0v) is 9.99. The first-order valence-corrected chi connectivity index (χ1v) is 7.55. The first-order chi connectivity index (χ1) is 7.41. The van der Waals surface area contributed by atoms with Crippen LogP contribution in [0.5, 0.6) is 0 Å². The fourth-order valence-corrected chi connectivity index (χ4v) is 3.88. The molecule has 3 N–H and O–H groups in total. The molecule has 0 saturated heterocycles. The van der Waals surface area contributed by atoms with Gasteiger partial charge in [0.05, 0.1) is 11.6 Å². The number of fused-ring (bicyclic) bond motifs is 1. The van der Waals surface area contributed by atoms with Gasteiger partial charge < -0.3 is 14.9 Å². The lowest BCUT2D eigenvalue weighted by Gasteiger charge is -2.20. The molecule has 0 spiro atoms. The van der Waals surface area contributed by atoms with Crippen LogP contribution in [0.25, 0.3) is 0 Å². The molecule has 16 heavy (non-hydrogen) atoms. The van der Waals surface area contributed by atoms with Crippen molar-refractivity contribution in [1.29, 1.82) is 0 Å². The summed E-state index contributed by atoms with van der Waals surface area (Å²) in [5.41, 5.74) is 0.729. The standard InChI is InChI=1S/C10H11O4PS/c11-10(12)9-7-4-2-1-3-6(7)5-8(9)15(13,14)16/h1-4,8-9H,5H2,(H,11,12)(H2,13,14,16). The molecule has 0 fully saturated rings. The number of aliphatic carboxylic acids is 1. The van der Waals surface area contributed by atoms with Crippen LogP contribution in [-0.2, 0) is 23.0 Å². The van der Waals surface area contributed by atoms with Crippen molar-refractivity contribution in [3.63, 3.8) is 0 Å². The van der Waals surface area contributed by atoms with Crippen molar-refractivity contribution in [2.45, 2.75) is 18.0 Å². The summed E-state index contributed by atoms with van der Waals surface area (Å²) < 4.78 is 0. The number of benzene rings is 1. The minimum atomic E-state index is -3.55. The number of carboxylic acid groups (broad SMARTS) is 1. The van der Waals surface area contributed by atoms with Crippen molar-refractivity contribution in [2.75, 3.05) is 0 Å². The predicted octanol–water partition coefficient (Wildman–Crippen LogP) is 1.07. The molecule has 86 valence electrons. The van der Waals surface area contributed by atoms with Crippen molar-refractivity contribution in [1.82, 2.24) is 0 Å². The monoisotopic (exact) mass is 258 g/mol. The molecule has 2 rings (SSSR count). The molecule has 4 nitrogen and oxygen atoms in total. The molecule has 1 aliphatic rings. The minimum Gasteiger partial charge on any atom is -0.481 e. The van der Waals surface area contributed by atoms with Gasteiger partial charge >= 0.3 is 5.97 Å². The van der Waals surface area contributed by atoms with E-state index in [-0.39, 0.29) is 0 Å². The van der Waals surface area contributed by atoms with E-state index < -0.39 is 24.0 Å². The zero-order valence-electron chi connectivity index (χ0n) is 8.28. The maximum Gasteiger partial charge on any atom is 0.311 e.